The Morgan fingerprint density at radius 1 is 1.03 bits per heavy atom. The third-order valence-corrected chi connectivity index (χ3v) is 6.44. The van der Waals surface area contributed by atoms with Gasteiger partial charge >= 0.3 is 0 Å². The molecule has 2 N–H and O–H groups in total. The van der Waals surface area contributed by atoms with E-state index in [4.69, 9.17) is 23.2 Å². The highest BCUT2D eigenvalue weighted by atomic mass is 35.5. The second kappa shape index (κ2) is 10.6. The van der Waals surface area contributed by atoms with Crippen LogP contribution in [0.25, 0.3) is 16.9 Å². The Morgan fingerprint density at radius 2 is 1.82 bits per heavy atom. The molecule has 1 saturated heterocycles. The lowest BCUT2D eigenvalue weighted by molar-refractivity contribution is -0.123. The summed E-state index contributed by atoms with van der Waals surface area (Å²) in [6.07, 6.45) is 1.41. The Labute approximate surface area is 226 Å². The minimum absolute atomic E-state index is 0.0116. The van der Waals surface area contributed by atoms with Crippen LogP contribution in [0.5, 0.6) is 0 Å². The average Bonchev–Trinajstić information content (AvgIpc) is 3.33. The molecule has 0 saturated carbocycles. The molecule has 2 aromatic heterocycles. The first-order chi connectivity index (χ1) is 18.3. The number of pyridine rings is 1. The van der Waals surface area contributed by atoms with Crippen molar-refractivity contribution in [2.24, 2.45) is 0 Å². The van der Waals surface area contributed by atoms with E-state index in [9.17, 15) is 18.8 Å². The van der Waals surface area contributed by atoms with Crippen LogP contribution in [-0.2, 0) is 4.79 Å². The molecule has 9 nitrogen and oxygen atoms in total. The normalized spacial score (nSPS) is 13.2. The number of piperazine rings is 1. The minimum atomic E-state index is -0.641. The molecule has 4 aromatic rings. The van der Waals surface area contributed by atoms with Gasteiger partial charge in [0.1, 0.15) is 17.3 Å². The Kier molecular flexibility index (Phi) is 7.08. The van der Waals surface area contributed by atoms with Crippen molar-refractivity contribution in [3.8, 4) is 16.9 Å². The number of carbonyl (C=O) groups is 3. The Hall–Kier alpha value is -4.28. The highest BCUT2D eigenvalue weighted by Crippen LogP contribution is 2.33. The van der Waals surface area contributed by atoms with Crippen molar-refractivity contribution in [1.82, 2.24) is 25.0 Å². The first kappa shape index (κ1) is 25.4. The maximum absolute atomic E-state index is 14.4. The summed E-state index contributed by atoms with van der Waals surface area (Å²) in [5.41, 5.74) is 0.789. The molecule has 5 rings (SSSR count). The lowest BCUT2D eigenvalue weighted by atomic mass is 10.1. The van der Waals surface area contributed by atoms with Crippen LogP contribution in [0.1, 0.15) is 20.8 Å². The summed E-state index contributed by atoms with van der Waals surface area (Å²) in [7, 11) is 0. The summed E-state index contributed by atoms with van der Waals surface area (Å²) < 4.78 is 15.8. The zero-order valence-corrected chi connectivity index (χ0v) is 21.1. The molecule has 3 heterocycles. The molecule has 1 aliphatic heterocycles. The van der Waals surface area contributed by atoms with E-state index in [1.807, 2.05) is 6.07 Å². The largest absolute Gasteiger partial charge is 0.353 e. The number of rotatable bonds is 5. The van der Waals surface area contributed by atoms with E-state index in [1.165, 1.54) is 46.1 Å². The van der Waals surface area contributed by atoms with Crippen LogP contribution >= 0.6 is 23.2 Å². The fraction of sp³-hybridized carbons (Fsp3) is 0.115. The Morgan fingerprint density at radius 3 is 2.55 bits per heavy atom. The second-order valence-electron chi connectivity index (χ2n) is 8.34. The number of hydrogen-bond donors (Lipinski definition) is 2. The smallest absolute Gasteiger partial charge is 0.274 e. The fourth-order valence-corrected chi connectivity index (χ4v) is 4.55. The summed E-state index contributed by atoms with van der Waals surface area (Å²) in [4.78, 5) is 43.7. The number of anilines is 1. The molecule has 2 aromatic carbocycles. The summed E-state index contributed by atoms with van der Waals surface area (Å²) in [5, 5.41) is 9.97. The molecule has 38 heavy (non-hydrogen) atoms. The van der Waals surface area contributed by atoms with Gasteiger partial charge in [-0.1, -0.05) is 41.4 Å². The molecule has 3 amide bonds. The summed E-state index contributed by atoms with van der Waals surface area (Å²) in [6, 6.07) is 15.7. The predicted molar refractivity (Wildman–Crippen MR) is 140 cm³/mol. The minimum Gasteiger partial charge on any atom is -0.353 e. The Balaban J connectivity index is 1.51. The highest BCUT2D eigenvalue weighted by Gasteiger charge is 2.26. The first-order valence-corrected chi connectivity index (χ1v) is 12.2. The maximum atomic E-state index is 14.4. The van der Waals surface area contributed by atoms with Gasteiger partial charge in [-0.25, -0.2) is 9.07 Å². The van der Waals surface area contributed by atoms with E-state index in [2.05, 4.69) is 20.7 Å². The van der Waals surface area contributed by atoms with Crippen molar-refractivity contribution in [3.63, 3.8) is 0 Å². The summed E-state index contributed by atoms with van der Waals surface area (Å²) >= 11 is 12.6. The number of benzene rings is 2. The number of aromatic nitrogens is 3. The van der Waals surface area contributed by atoms with Gasteiger partial charge in [0.25, 0.3) is 11.8 Å². The number of hydrogen-bond acceptors (Lipinski definition) is 5. The van der Waals surface area contributed by atoms with E-state index < -0.39 is 17.6 Å². The van der Waals surface area contributed by atoms with Gasteiger partial charge in [0.2, 0.25) is 5.91 Å². The van der Waals surface area contributed by atoms with Crippen molar-refractivity contribution >= 4 is 46.7 Å². The third kappa shape index (κ3) is 5.09. The van der Waals surface area contributed by atoms with Crippen molar-refractivity contribution < 1.29 is 18.8 Å². The molecule has 1 fully saturated rings. The van der Waals surface area contributed by atoms with Gasteiger partial charge < -0.3 is 15.5 Å². The first-order valence-electron chi connectivity index (χ1n) is 11.4. The number of halogens is 3. The molecule has 192 valence electrons. The summed E-state index contributed by atoms with van der Waals surface area (Å²) in [6.45, 7) is 0.575. The zero-order valence-electron chi connectivity index (χ0n) is 19.6. The van der Waals surface area contributed by atoms with Crippen molar-refractivity contribution in [3.05, 3.63) is 94.0 Å². The van der Waals surface area contributed by atoms with Crippen LogP contribution in [0.15, 0.2) is 66.9 Å². The van der Waals surface area contributed by atoms with E-state index >= 15 is 0 Å². The third-order valence-electron chi connectivity index (χ3n) is 5.81. The number of amides is 3. The maximum Gasteiger partial charge on any atom is 0.274 e. The van der Waals surface area contributed by atoms with Crippen LogP contribution in [-0.4, -0.2) is 57.0 Å². The van der Waals surface area contributed by atoms with Crippen molar-refractivity contribution in [2.45, 2.75) is 0 Å². The molecule has 0 aliphatic carbocycles. The van der Waals surface area contributed by atoms with E-state index in [0.29, 0.717) is 18.8 Å². The number of carbonyl (C=O) groups excluding carboxylic acids is 3. The zero-order chi connectivity index (χ0) is 26.8. The van der Waals surface area contributed by atoms with Gasteiger partial charge in [0.05, 0.1) is 27.8 Å². The molecule has 0 bridgehead atoms. The standard InChI is InChI=1S/C26H19Cl2FN6O3/c27-18-12-19(28)17(11-16(18)24-20(29)7-4-8-31-24)25(37)32-22-13-21(26(38)34-10-9-30-23(36)14-34)33-35(22)15-5-2-1-3-6-15/h1-8,11-13H,9-10,14H2,(H,30,36)(H,32,37). The van der Waals surface area contributed by atoms with Crippen LogP contribution in [0.4, 0.5) is 10.2 Å². The molecule has 12 heteroatoms. The predicted octanol–water partition coefficient (Wildman–Crippen LogP) is 4.20. The van der Waals surface area contributed by atoms with Crippen LogP contribution in [0.2, 0.25) is 10.0 Å². The average molecular weight is 553 g/mol. The molecule has 1 aliphatic rings. The fourth-order valence-electron chi connectivity index (χ4n) is 3.99. The monoisotopic (exact) mass is 552 g/mol. The molecule has 0 spiro atoms. The SMILES string of the molecule is O=C1CN(C(=O)c2cc(NC(=O)c3cc(-c4ncccc4F)c(Cl)cc3Cl)n(-c3ccccc3)n2)CCN1. The number of nitrogens with zero attached hydrogens (tertiary/aromatic N) is 4. The van der Waals surface area contributed by atoms with Gasteiger partial charge in [-0.3, -0.25) is 19.4 Å². The van der Waals surface area contributed by atoms with Gasteiger partial charge in [0.15, 0.2) is 5.69 Å². The van der Waals surface area contributed by atoms with Gasteiger partial charge in [-0.2, -0.15) is 5.10 Å². The lowest BCUT2D eigenvalue weighted by Crippen LogP contribution is -2.50. The molecular weight excluding hydrogens is 534 g/mol. The number of nitrogens with one attached hydrogen (secondary N) is 2. The van der Waals surface area contributed by atoms with Gasteiger partial charge in [-0.15, -0.1) is 0 Å². The van der Waals surface area contributed by atoms with E-state index in [-0.39, 0.29) is 50.8 Å². The Bertz CT molecular complexity index is 1560. The number of para-hydroxylation sites is 1. The van der Waals surface area contributed by atoms with E-state index in [0.717, 1.165) is 0 Å². The molecule has 0 unspecified atom stereocenters. The van der Waals surface area contributed by atoms with Gasteiger partial charge in [0, 0.05) is 30.9 Å². The van der Waals surface area contributed by atoms with Crippen molar-refractivity contribution in [1.29, 1.82) is 0 Å². The van der Waals surface area contributed by atoms with Crippen molar-refractivity contribution in [2.75, 3.05) is 25.0 Å². The van der Waals surface area contributed by atoms with Gasteiger partial charge in [-0.05, 0) is 36.4 Å². The summed E-state index contributed by atoms with van der Waals surface area (Å²) in [5.74, 6) is -1.79. The molecule has 0 atom stereocenters. The quantitative estimate of drug-likeness (QED) is 0.385. The lowest BCUT2D eigenvalue weighted by Gasteiger charge is -2.25. The van der Waals surface area contributed by atoms with E-state index in [1.54, 1.807) is 24.3 Å². The van der Waals surface area contributed by atoms with Crippen LogP contribution in [0, 0.1) is 5.82 Å². The second-order valence-corrected chi connectivity index (χ2v) is 9.15. The molecule has 0 radical (unpaired) electrons. The topological polar surface area (TPSA) is 109 Å². The van der Waals surface area contributed by atoms with Crippen LogP contribution in [0.3, 0.4) is 0 Å². The highest BCUT2D eigenvalue weighted by molar-refractivity contribution is 6.38. The molecular formula is C26H19Cl2FN6O3. The van der Waals surface area contributed by atoms with Crippen LogP contribution < -0.4 is 10.6 Å².